The second-order valence-corrected chi connectivity index (χ2v) is 8.63. The van der Waals surface area contributed by atoms with Gasteiger partial charge in [-0.2, -0.15) is 0 Å². The molecule has 166 valence electrons. The number of rotatable bonds is 3. The summed E-state index contributed by atoms with van der Waals surface area (Å²) in [5.74, 6) is 8.64. The fourth-order valence-electron chi connectivity index (χ4n) is 4.97. The first-order valence-corrected chi connectivity index (χ1v) is 11.7. The van der Waals surface area contributed by atoms with Crippen LogP contribution in [0.5, 0.6) is 11.5 Å². The first-order chi connectivity index (χ1) is 16.2. The van der Waals surface area contributed by atoms with E-state index >= 15 is 0 Å². The number of fused-ring (bicyclic) bond motifs is 1. The molecule has 0 N–H and O–H groups in total. The molecule has 0 aromatic heterocycles. The lowest BCUT2D eigenvalue weighted by molar-refractivity contribution is -0.0725. The van der Waals surface area contributed by atoms with Gasteiger partial charge in [0.15, 0.2) is 0 Å². The zero-order valence-corrected chi connectivity index (χ0v) is 19.3. The minimum atomic E-state index is -0.693. The second-order valence-electron chi connectivity index (χ2n) is 8.63. The summed E-state index contributed by atoms with van der Waals surface area (Å²) >= 11 is 0. The van der Waals surface area contributed by atoms with E-state index in [9.17, 15) is 0 Å². The van der Waals surface area contributed by atoms with Crippen LogP contribution >= 0.6 is 0 Å². The molecule has 1 fully saturated rings. The Labute approximate surface area is 196 Å². The number of para-hydroxylation sites is 1. The monoisotopic (exact) mass is 435 g/mol. The quantitative estimate of drug-likeness (QED) is 0.454. The molecule has 2 aliphatic heterocycles. The minimum absolute atomic E-state index is 0.693. The van der Waals surface area contributed by atoms with Gasteiger partial charge < -0.3 is 9.47 Å². The van der Waals surface area contributed by atoms with E-state index < -0.39 is 5.72 Å². The molecule has 1 unspecified atom stereocenters. The van der Waals surface area contributed by atoms with Crippen LogP contribution in [0, 0.1) is 11.8 Å². The zero-order valence-electron chi connectivity index (χ0n) is 19.3. The van der Waals surface area contributed by atoms with Crippen LogP contribution in [0.2, 0.25) is 0 Å². The molecule has 3 nitrogen and oxygen atoms in total. The molecule has 5 rings (SSSR count). The number of hydrogen-bond acceptors (Lipinski definition) is 3. The number of ether oxygens (including phenoxy) is 2. The number of allylic oxidation sites excluding steroid dienone is 1. The first kappa shape index (κ1) is 21.4. The first-order valence-electron chi connectivity index (χ1n) is 11.7. The van der Waals surface area contributed by atoms with Crippen molar-refractivity contribution in [2.24, 2.45) is 0 Å². The van der Waals surface area contributed by atoms with E-state index in [-0.39, 0.29) is 0 Å². The number of nitrogens with zero attached hydrogens (tertiary/aromatic N) is 1. The Morgan fingerprint density at radius 3 is 2.24 bits per heavy atom. The molecule has 0 spiro atoms. The van der Waals surface area contributed by atoms with Crippen LogP contribution in [0.3, 0.4) is 0 Å². The van der Waals surface area contributed by atoms with Gasteiger partial charge in [0, 0.05) is 40.9 Å². The van der Waals surface area contributed by atoms with Gasteiger partial charge in [-0.05, 0) is 68.3 Å². The van der Waals surface area contributed by atoms with E-state index in [0.29, 0.717) is 0 Å². The van der Waals surface area contributed by atoms with E-state index in [1.165, 1.54) is 19.3 Å². The molecule has 1 atom stereocenters. The third-order valence-electron chi connectivity index (χ3n) is 6.69. The average Bonchev–Trinajstić information content (AvgIpc) is 2.89. The predicted octanol–water partition coefficient (Wildman–Crippen LogP) is 6.25. The predicted molar refractivity (Wildman–Crippen MR) is 133 cm³/mol. The highest BCUT2D eigenvalue weighted by Crippen LogP contribution is 2.48. The van der Waals surface area contributed by atoms with Crippen molar-refractivity contribution >= 4 is 5.57 Å². The third kappa shape index (κ3) is 3.92. The molecule has 2 heterocycles. The molecule has 3 aromatic rings. The molecule has 3 heteroatoms. The van der Waals surface area contributed by atoms with Crippen molar-refractivity contribution in [1.82, 2.24) is 4.90 Å². The number of hydrogen-bond donors (Lipinski definition) is 0. The third-order valence-corrected chi connectivity index (χ3v) is 6.69. The molecule has 33 heavy (non-hydrogen) atoms. The fraction of sp³-hybridized carbons (Fsp3) is 0.267. The van der Waals surface area contributed by atoms with Crippen molar-refractivity contribution in [3.8, 4) is 23.3 Å². The summed E-state index contributed by atoms with van der Waals surface area (Å²) < 4.78 is 12.4. The van der Waals surface area contributed by atoms with Crippen molar-refractivity contribution in [1.29, 1.82) is 0 Å². The normalized spacial score (nSPS) is 20.3. The number of piperidine rings is 1. The largest absolute Gasteiger partial charge is 0.497 e. The van der Waals surface area contributed by atoms with Crippen LogP contribution in [0.1, 0.15) is 42.9 Å². The molecule has 2 aliphatic rings. The van der Waals surface area contributed by atoms with E-state index in [2.05, 4.69) is 66.1 Å². The molecular weight excluding hydrogens is 406 g/mol. The smallest absolute Gasteiger partial charge is 0.213 e. The topological polar surface area (TPSA) is 21.7 Å². The van der Waals surface area contributed by atoms with Crippen LogP contribution < -0.4 is 9.47 Å². The maximum Gasteiger partial charge on any atom is 0.213 e. The lowest BCUT2D eigenvalue weighted by atomic mass is 9.83. The SMILES string of the molecule is COc1ccc(C2(N3CCCCC3)Oc3ccccc3C(C#Cc3ccccc3)=C2C)cc1. The van der Waals surface area contributed by atoms with Gasteiger partial charge in [0.05, 0.1) is 7.11 Å². The van der Waals surface area contributed by atoms with Crippen molar-refractivity contribution in [2.75, 3.05) is 20.2 Å². The second kappa shape index (κ2) is 9.17. The number of methoxy groups -OCH3 is 1. The highest BCUT2D eigenvalue weighted by Gasteiger charge is 2.47. The van der Waals surface area contributed by atoms with E-state index in [1.54, 1.807) is 7.11 Å². The van der Waals surface area contributed by atoms with Gasteiger partial charge in [0.25, 0.3) is 0 Å². The highest BCUT2D eigenvalue weighted by atomic mass is 16.5. The molecule has 3 aromatic carbocycles. The van der Waals surface area contributed by atoms with Crippen molar-refractivity contribution in [2.45, 2.75) is 31.9 Å². The van der Waals surface area contributed by atoms with E-state index in [1.807, 2.05) is 36.4 Å². The number of benzene rings is 3. The molecular formula is C30H29NO2. The average molecular weight is 436 g/mol. The Balaban J connectivity index is 1.73. The lowest BCUT2D eigenvalue weighted by Crippen LogP contribution is -2.54. The highest BCUT2D eigenvalue weighted by molar-refractivity contribution is 5.87. The van der Waals surface area contributed by atoms with Crippen molar-refractivity contribution in [3.05, 3.63) is 101 Å². The Morgan fingerprint density at radius 2 is 1.52 bits per heavy atom. The maximum absolute atomic E-state index is 6.97. The summed E-state index contributed by atoms with van der Waals surface area (Å²) in [5.41, 5.74) is 4.66. The van der Waals surface area contributed by atoms with Crippen LogP contribution in [0.15, 0.2) is 84.4 Å². The van der Waals surface area contributed by atoms with Crippen LogP contribution in [-0.2, 0) is 5.72 Å². The summed E-state index contributed by atoms with van der Waals surface area (Å²) in [6, 6.07) is 26.8. The summed E-state index contributed by atoms with van der Waals surface area (Å²) in [6.45, 7) is 4.17. The standard InChI is InChI=1S/C30H29NO2/c1-23-27(20-15-24-11-5-3-6-12-24)28-13-7-8-14-29(28)33-30(23,31-21-9-4-10-22-31)25-16-18-26(32-2)19-17-25/h3,5-8,11-14,16-19H,4,9-10,21-22H2,1-2H3. The number of likely N-dealkylation sites (tertiary alicyclic amines) is 1. The maximum atomic E-state index is 6.97. The molecule has 0 aliphatic carbocycles. The van der Waals surface area contributed by atoms with Gasteiger partial charge >= 0.3 is 0 Å². The summed E-state index contributed by atoms with van der Waals surface area (Å²) in [4.78, 5) is 2.49. The fourth-order valence-corrected chi connectivity index (χ4v) is 4.97. The van der Waals surface area contributed by atoms with Crippen LogP contribution in [0.4, 0.5) is 0 Å². The Bertz CT molecular complexity index is 1210. The zero-order chi connectivity index (χ0) is 22.7. The summed E-state index contributed by atoms with van der Waals surface area (Å²) in [7, 11) is 1.70. The van der Waals surface area contributed by atoms with E-state index in [4.69, 9.17) is 9.47 Å². The van der Waals surface area contributed by atoms with Gasteiger partial charge in [-0.3, -0.25) is 4.90 Å². The minimum Gasteiger partial charge on any atom is -0.497 e. The van der Waals surface area contributed by atoms with Gasteiger partial charge in [-0.25, -0.2) is 0 Å². The molecule has 0 bridgehead atoms. The Hall–Kier alpha value is -3.48. The lowest BCUT2D eigenvalue weighted by Gasteiger charge is -2.49. The van der Waals surface area contributed by atoms with E-state index in [0.717, 1.165) is 52.4 Å². The summed E-state index contributed by atoms with van der Waals surface area (Å²) in [6.07, 6.45) is 3.59. The van der Waals surface area contributed by atoms with Gasteiger partial charge in [-0.1, -0.05) is 48.6 Å². The molecule has 0 radical (unpaired) electrons. The van der Waals surface area contributed by atoms with Crippen LogP contribution in [0.25, 0.3) is 5.57 Å². The van der Waals surface area contributed by atoms with Crippen LogP contribution in [-0.4, -0.2) is 25.1 Å². The Morgan fingerprint density at radius 1 is 0.818 bits per heavy atom. The Kier molecular flexibility index (Phi) is 5.94. The summed E-state index contributed by atoms with van der Waals surface area (Å²) in [5, 5.41) is 0. The molecule has 0 amide bonds. The van der Waals surface area contributed by atoms with Crippen molar-refractivity contribution < 1.29 is 9.47 Å². The van der Waals surface area contributed by atoms with Crippen molar-refractivity contribution in [3.63, 3.8) is 0 Å². The van der Waals surface area contributed by atoms with Gasteiger partial charge in [0.2, 0.25) is 5.72 Å². The van der Waals surface area contributed by atoms with Gasteiger partial charge in [-0.15, -0.1) is 0 Å². The molecule has 1 saturated heterocycles. The molecule has 0 saturated carbocycles. The van der Waals surface area contributed by atoms with Gasteiger partial charge in [0.1, 0.15) is 11.5 Å².